The number of fused-ring (bicyclic) bond motifs is 1. The Balaban J connectivity index is 2.19. The van der Waals surface area contributed by atoms with Crippen molar-refractivity contribution in [1.29, 1.82) is 0 Å². The fourth-order valence-electron chi connectivity index (χ4n) is 3.05. The average Bonchev–Trinajstić information content (AvgIpc) is 2.41. The molecule has 2 N–H and O–H groups in total. The molecule has 2 nitrogen and oxygen atoms in total. The average molecular weight is 242 g/mol. The van der Waals surface area contributed by atoms with Gasteiger partial charge in [0.05, 0.1) is 6.10 Å². The summed E-state index contributed by atoms with van der Waals surface area (Å²) in [6.45, 7) is 0. The van der Waals surface area contributed by atoms with E-state index in [0.29, 0.717) is 12.8 Å². The van der Waals surface area contributed by atoms with E-state index in [1.807, 2.05) is 42.5 Å². The summed E-state index contributed by atoms with van der Waals surface area (Å²) in [4.78, 5) is 0. The van der Waals surface area contributed by atoms with Crippen molar-refractivity contribution in [1.82, 2.24) is 0 Å². The van der Waals surface area contributed by atoms with Gasteiger partial charge in [-0.3, -0.25) is 0 Å². The molecule has 2 aromatic rings. The molecule has 1 fully saturated rings. The summed E-state index contributed by atoms with van der Waals surface area (Å²) in [5.41, 5.74) is -0.216. The molecular formula is C16H18O2. The lowest BCUT2D eigenvalue weighted by Crippen LogP contribution is -2.42. The van der Waals surface area contributed by atoms with Gasteiger partial charge in [-0.15, -0.1) is 0 Å². The second-order valence-corrected chi connectivity index (χ2v) is 5.21. The van der Waals surface area contributed by atoms with E-state index in [1.165, 1.54) is 0 Å². The number of hydrogen-bond donors (Lipinski definition) is 2. The molecule has 3 rings (SSSR count). The van der Waals surface area contributed by atoms with Crippen molar-refractivity contribution in [2.45, 2.75) is 37.4 Å². The zero-order chi connectivity index (χ0) is 12.6. The Hall–Kier alpha value is -1.38. The molecule has 0 radical (unpaired) electrons. The molecule has 0 unspecified atom stereocenters. The molecule has 0 amide bonds. The maximum atomic E-state index is 10.9. The first-order valence-corrected chi connectivity index (χ1v) is 6.60. The van der Waals surface area contributed by atoms with Crippen molar-refractivity contribution in [2.75, 3.05) is 0 Å². The molecule has 0 heterocycles. The lowest BCUT2D eigenvalue weighted by Gasteiger charge is -2.38. The SMILES string of the molecule is O[C@H]1CCCC[C@]1(O)c1cccc2ccccc12. The molecule has 2 atom stereocenters. The third-order valence-corrected chi connectivity index (χ3v) is 4.09. The van der Waals surface area contributed by atoms with Gasteiger partial charge in [-0.1, -0.05) is 55.3 Å². The Morgan fingerprint density at radius 2 is 1.78 bits per heavy atom. The Kier molecular flexibility index (Phi) is 2.84. The quantitative estimate of drug-likeness (QED) is 0.807. The largest absolute Gasteiger partial charge is 0.390 e. The molecule has 0 bridgehead atoms. The van der Waals surface area contributed by atoms with Crippen molar-refractivity contribution in [3.05, 3.63) is 48.0 Å². The van der Waals surface area contributed by atoms with E-state index in [1.54, 1.807) is 0 Å². The van der Waals surface area contributed by atoms with Gasteiger partial charge in [0.15, 0.2) is 0 Å². The van der Waals surface area contributed by atoms with E-state index in [9.17, 15) is 10.2 Å². The maximum Gasteiger partial charge on any atom is 0.116 e. The normalized spacial score (nSPS) is 28.4. The molecule has 0 aliphatic heterocycles. The number of rotatable bonds is 1. The standard InChI is InChI=1S/C16H18O2/c17-15-10-3-4-11-16(15,18)14-9-5-7-12-6-1-2-8-13(12)14/h1-2,5-9,15,17-18H,3-4,10-11H2/t15-,16-/m0/s1. The minimum atomic E-state index is -1.08. The van der Waals surface area contributed by atoms with Gasteiger partial charge >= 0.3 is 0 Å². The van der Waals surface area contributed by atoms with E-state index in [2.05, 4.69) is 0 Å². The van der Waals surface area contributed by atoms with Gasteiger partial charge in [-0.25, -0.2) is 0 Å². The van der Waals surface area contributed by atoms with Crippen molar-refractivity contribution in [3.63, 3.8) is 0 Å². The van der Waals surface area contributed by atoms with Crippen LogP contribution in [0.3, 0.4) is 0 Å². The summed E-state index contributed by atoms with van der Waals surface area (Å²) in [5.74, 6) is 0. The van der Waals surface area contributed by atoms with Gasteiger partial charge in [0.25, 0.3) is 0 Å². The first-order valence-electron chi connectivity index (χ1n) is 6.60. The van der Waals surface area contributed by atoms with Crippen LogP contribution in [-0.4, -0.2) is 16.3 Å². The highest BCUT2D eigenvalue weighted by atomic mass is 16.3. The van der Waals surface area contributed by atoms with Gasteiger partial charge in [0.1, 0.15) is 5.60 Å². The Morgan fingerprint density at radius 3 is 2.61 bits per heavy atom. The van der Waals surface area contributed by atoms with Crippen LogP contribution < -0.4 is 0 Å². The number of hydrogen-bond acceptors (Lipinski definition) is 2. The monoisotopic (exact) mass is 242 g/mol. The van der Waals surface area contributed by atoms with Crippen molar-refractivity contribution >= 4 is 10.8 Å². The van der Waals surface area contributed by atoms with E-state index in [-0.39, 0.29) is 0 Å². The smallest absolute Gasteiger partial charge is 0.116 e. The third kappa shape index (κ3) is 1.73. The summed E-state index contributed by atoms with van der Waals surface area (Å²) >= 11 is 0. The zero-order valence-corrected chi connectivity index (χ0v) is 10.3. The molecule has 94 valence electrons. The summed E-state index contributed by atoms with van der Waals surface area (Å²) in [6, 6.07) is 14.0. The second-order valence-electron chi connectivity index (χ2n) is 5.21. The van der Waals surface area contributed by atoms with Gasteiger partial charge < -0.3 is 10.2 Å². The van der Waals surface area contributed by atoms with Crippen LogP contribution in [0.4, 0.5) is 0 Å². The molecule has 2 aromatic carbocycles. The van der Waals surface area contributed by atoms with Crippen LogP contribution in [0.5, 0.6) is 0 Å². The van der Waals surface area contributed by atoms with Gasteiger partial charge in [-0.2, -0.15) is 0 Å². The highest BCUT2D eigenvalue weighted by Crippen LogP contribution is 2.40. The molecule has 0 saturated heterocycles. The van der Waals surface area contributed by atoms with E-state index in [0.717, 1.165) is 29.2 Å². The molecule has 0 spiro atoms. The second kappa shape index (κ2) is 4.38. The summed E-state index contributed by atoms with van der Waals surface area (Å²) in [6.07, 6.45) is 2.63. The van der Waals surface area contributed by atoms with Crippen molar-refractivity contribution in [2.24, 2.45) is 0 Å². The van der Waals surface area contributed by atoms with Crippen LogP contribution in [0.25, 0.3) is 10.8 Å². The highest BCUT2D eigenvalue weighted by Gasteiger charge is 2.40. The van der Waals surface area contributed by atoms with Crippen molar-refractivity contribution < 1.29 is 10.2 Å². The van der Waals surface area contributed by atoms with Crippen LogP contribution >= 0.6 is 0 Å². The molecule has 1 aliphatic carbocycles. The number of aliphatic hydroxyl groups excluding tert-OH is 1. The summed E-state index contributed by atoms with van der Waals surface area (Å²) < 4.78 is 0. The highest BCUT2D eigenvalue weighted by molar-refractivity contribution is 5.86. The van der Waals surface area contributed by atoms with Crippen molar-refractivity contribution in [3.8, 4) is 0 Å². The lowest BCUT2D eigenvalue weighted by atomic mass is 9.76. The Labute approximate surface area is 107 Å². The predicted octanol–water partition coefficient (Wildman–Crippen LogP) is 2.96. The summed E-state index contributed by atoms with van der Waals surface area (Å²) in [5, 5.41) is 23.2. The first kappa shape index (κ1) is 11.7. The molecular weight excluding hydrogens is 224 g/mol. The van der Waals surface area contributed by atoms with E-state index >= 15 is 0 Å². The van der Waals surface area contributed by atoms with Crippen LogP contribution in [0, 0.1) is 0 Å². The fourth-order valence-corrected chi connectivity index (χ4v) is 3.05. The predicted molar refractivity (Wildman–Crippen MR) is 72.3 cm³/mol. The summed E-state index contributed by atoms with van der Waals surface area (Å²) in [7, 11) is 0. The first-order chi connectivity index (χ1) is 8.72. The molecule has 0 aromatic heterocycles. The van der Waals surface area contributed by atoms with Gasteiger partial charge in [-0.05, 0) is 29.2 Å². The van der Waals surface area contributed by atoms with Crippen LogP contribution in [0.2, 0.25) is 0 Å². The third-order valence-electron chi connectivity index (χ3n) is 4.09. The molecule has 2 heteroatoms. The topological polar surface area (TPSA) is 40.5 Å². The number of benzene rings is 2. The minimum absolute atomic E-state index is 0.641. The van der Waals surface area contributed by atoms with Crippen LogP contribution in [0.1, 0.15) is 31.2 Å². The molecule has 1 aliphatic rings. The number of aliphatic hydroxyl groups is 2. The minimum Gasteiger partial charge on any atom is -0.390 e. The molecule has 18 heavy (non-hydrogen) atoms. The van der Waals surface area contributed by atoms with E-state index < -0.39 is 11.7 Å². The lowest BCUT2D eigenvalue weighted by molar-refractivity contribution is -0.105. The molecule has 1 saturated carbocycles. The fraction of sp³-hybridized carbons (Fsp3) is 0.375. The van der Waals surface area contributed by atoms with Crippen LogP contribution in [-0.2, 0) is 5.60 Å². The van der Waals surface area contributed by atoms with E-state index in [4.69, 9.17) is 0 Å². The van der Waals surface area contributed by atoms with Gasteiger partial charge in [0.2, 0.25) is 0 Å². The zero-order valence-electron chi connectivity index (χ0n) is 10.3. The Bertz CT molecular complexity index is 559. The Morgan fingerprint density at radius 1 is 1.00 bits per heavy atom. The van der Waals surface area contributed by atoms with Gasteiger partial charge in [0, 0.05) is 0 Å². The maximum absolute atomic E-state index is 10.9. The van der Waals surface area contributed by atoms with Crippen LogP contribution in [0.15, 0.2) is 42.5 Å².